The molecule has 98 valence electrons. The fourth-order valence-electron chi connectivity index (χ4n) is 1.20. The van der Waals surface area contributed by atoms with Gasteiger partial charge in [-0.15, -0.1) is 10.2 Å². The van der Waals surface area contributed by atoms with Crippen LogP contribution in [0.25, 0.3) is 0 Å². The number of nitrogens with one attached hydrogen (secondary N) is 2. The molecule has 0 unspecified atom stereocenters. The molecular weight excluding hydrogens is 236 g/mol. The van der Waals surface area contributed by atoms with E-state index in [9.17, 15) is 9.59 Å². The Hall–Kier alpha value is -2.18. The lowest BCUT2D eigenvalue weighted by molar-refractivity contribution is -0.142. The fraction of sp³-hybridized carbons (Fsp3) is 0.455. The number of ether oxygens (including phenoxy) is 1. The van der Waals surface area contributed by atoms with Gasteiger partial charge < -0.3 is 15.4 Å². The molecule has 0 saturated heterocycles. The molecule has 0 aliphatic carbocycles. The summed E-state index contributed by atoms with van der Waals surface area (Å²) in [5.41, 5.74) is 0.244. The van der Waals surface area contributed by atoms with E-state index < -0.39 is 0 Å². The summed E-state index contributed by atoms with van der Waals surface area (Å²) < 4.78 is 4.78. The summed E-state index contributed by atoms with van der Waals surface area (Å²) in [6, 6.07) is 3.18. The number of rotatable bonds is 6. The number of carbonyl (C=O) groups excluding carboxylic acids is 2. The molecule has 0 radical (unpaired) electrons. The summed E-state index contributed by atoms with van der Waals surface area (Å²) in [5.74, 6) is -0.0486. The largest absolute Gasteiger partial charge is 0.466 e. The van der Waals surface area contributed by atoms with Crippen molar-refractivity contribution in [3.8, 4) is 0 Å². The SMILES string of the molecule is CCOC(=O)CCNc1ccc(C(=O)NC)nn1. The van der Waals surface area contributed by atoms with Gasteiger partial charge in [-0.1, -0.05) is 0 Å². The topological polar surface area (TPSA) is 93.2 Å². The minimum absolute atomic E-state index is 0.244. The van der Waals surface area contributed by atoms with Gasteiger partial charge in [0.2, 0.25) is 0 Å². The maximum Gasteiger partial charge on any atom is 0.307 e. The molecule has 18 heavy (non-hydrogen) atoms. The predicted molar refractivity (Wildman–Crippen MR) is 65.2 cm³/mol. The average molecular weight is 252 g/mol. The minimum Gasteiger partial charge on any atom is -0.466 e. The average Bonchev–Trinajstić information content (AvgIpc) is 2.39. The molecule has 1 amide bonds. The molecule has 1 rings (SSSR count). The van der Waals surface area contributed by atoms with Crippen molar-refractivity contribution in [2.45, 2.75) is 13.3 Å². The van der Waals surface area contributed by atoms with Crippen LogP contribution in [0.2, 0.25) is 0 Å². The van der Waals surface area contributed by atoms with Crippen LogP contribution < -0.4 is 10.6 Å². The van der Waals surface area contributed by atoms with Gasteiger partial charge in [-0.25, -0.2) is 0 Å². The van der Waals surface area contributed by atoms with Crippen molar-refractivity contribution in [1.82, 2.24) is 15.5 Å². The van der Waals surface area contributed by atoms with Crippen molar-refractivity contribution >= 4 is 17.7 Å². The van der Waals surface area contributed by atoms with E-state index in [0.717, 1.165) is 0 Å². The van der Waals surface area contributed by atoms with Crippen LogP contribution in [0.5, 0.6) is 0 Å². The second kappa shape index (κ2) is 7.21. The zero-order chi connectivity index (χ0) is 13.4. The standard InChI is InChI=1S/C11H16N4O3/c1-3-18-10(16)6-7-13-9-5-4-8(14-15-9)11(17)12-2/h4-5H,3,6-7H2,1-2H3,(H,12,17)(H,13,15). The van der Waals surface area contributed by atoms with E-state index in [1.54, 1.807) is 19.1 Å². The normalized spacial score (nSPS) is 9.67. The summed E-state index contributed by atoms with van der Waals surface area (Å²) in [7, 11) is 1.52. The van der Waals surface area contributed by atoms with Crippen LogP contribution in [0.4, 0.5) is 5.82 Å². The Labute approximate surface area is 105 Å². The van der Waals surface area contributed by atoms with Gasteiger partial charge in [0.25, 0.3) is 5.91 Å². The molecule has 0 fully saturated rings. The van der Waals surface area contributed by atoms with Gasteiger partial charge >= 0.3 is 5.97 Å². The third-order valence-electron chi connectivity index (χ3n) is 2.06. The predicted octanol–water partition coefficient (Wildman–Crippen LogP) is 0.201. The molecule has 7 nitrogen and oxygen atoms in total. The first-order chi connectivity index (χ1) is 8.67. The Morgan fingerprint density at radius 3 is 2.67 bits per heavy atom. The quantitative estimate of drug-likeness (QED) is 0.702. The van der Waals surface area contributed by atoms with Crippen molar-refractivity contribution in [1.29, 1.82) is 0 Å². The lowest BCUT2D eigenvalue weighted by Crippen LogP contribution is -2.20. The Morgan fingerprint density at radius 2 is 2.11 bits per heavy atom. The number of carbonyl (C=O) groups is 2. The van der Waals surface area contributed by atoms with Crippen LogP contribution in [-0.4, -0.2) is 42.3 Å². The van der Waals surface area contributed by atoms with Crippen LogP contribution >= 0.6 is 0 Å². The minimum atomic E-state index is -0.291. The highest BCUT2D eigenvalue weighted by atomic mass is 16.5. The van der Waals surface area contributed by atoms with E-state index in [1.165, 1.54) is 7.05 Å². The Kier molecular flexibility index (Phi) is 5.56. The van der Waals surface area contributed by atoms with Gasteiger partial charge in [-0.2, -0.15) is 0 Å². The zero-order valence-electron chi connectivity index (χ0n) is 10.4. The van der Waals surface area contributed by atoms with Crippen molar-refractivity contribution in [2.75, 3.05) is 25.5 Å². The molecular formula is C11H16N4O3. The maximum atomic E-state index is 11.2. The molecule has 1 aromatic heterocycles. The van der Waals surface area contributed by atoms with E-state index >= 15 is 0 Å². The number of esters is 1. The summed E-state index contributed by atoms with van der Waals surface area (Å²) >= 11 is 0. The highest BCUT2D eigenvalue weighted by Gasteiger charge is 2.06. The first kappa shape index (κ1) is 13.9. The second-order valence-electron chi connectivity index (χ2n) is 3.36. The zero-order valence-corrected chi connectivity index (χ0v) is 10.4. The van der Waals surface area contributed by atoms with E-state index in [-0.39, 0.29) is 24.0 Å². The van der Waals surface area contributed by atoms with Crippen LogP contribution in [0.1, 0.15) is 23.8 Å². The summed E-state index contributed by atoms with van der Waals surface area (Å²) in [6.07, 6.45) is 0.257. The van der Waals surface area contributed by atoms with Gasteiger partial charge in [-0.05, 0) is 19.1 Å². The fourth-order valence-corrected chi connectivity index (χ4v) is 1.20. The number of hydrogen-bond donors (Lipinski definition) is 2. The molecule has 0 spiro atoms. The second-order valence-corrected chi connectivity index (χ2v) is 3.36. The molecule has 0 bridgehead atoms. The maximum absolute atomic E-state index is 11.2. The van der Waals surface area contributed by atoms with Crippen LogP contribution in [0.15, 0.2) is 12.1 Å². The smallest absolute Gasteiger partial charge is 0.307 e. The van der Waals surface area contributed by atoms with Gasteiger partial charge in [0, 0.05) is 13.6 Å². The Balaban J connectivity index is 2.40. The number of anilines is 1. The monoisotopic (exact) mass is 252 g/mol. The van der Waals surface area contributed by atoms with Gasteiger partial charge in [0.15, 0.2) is 5.69 Å². The molecule has 1 aromatic rings. The van der Waals surface area contributed by atoms with Gasteiger partial charge in [0.05, 0.1) is 13.0 Å². The summed E-state index contributed by atoms with van der Waals surface area (Å²) in [6.45, 7) is 2.54. The van der Waals surface area contributed by atoms with Crippen LogP contribution in [0.3, 0.4) is 0 Å². The van der Waals surface area contributed by atoms with Gasteiger partial charge in [-0.3, -0.25) is 9.59 Å². The van der Waals surface area contributed by atoms with Crippen molar-refractivity contribution in [3.05, 3.63) is 17.8 Å². The summed E-state index contributed by atoms with van der Waals surface area (Å²) in [5, 5.41) is 12.9. The third kappa shape index (κ3) is 4.36. The Bertz CT molecular complexity index is 405. The van der Waals surface area contributed by atoms with E-state index in [4.69, 9.17) is 4.74 Å². The highest BCUT2D eigenvalue weighted by Crippen LogP contribution is 2.02. The van der Waals surface area contributed by atoms with Crippen molar-refractivity contribution in [2.24, 2.45) is 0 Å². The third-order valence-corrected chi connectivity index (χ3v) is 2.06. The van der Waals surface area contributed by atoms with Crippen molar-refractivity contribution < 1.29 is 14.3 Å². The number of nitrogens with zero attached hydrogens (tertiary/aromatic N) is 2. The van der Waals surface area contributed by atoms with E-state index in [1.807, 2.05) is 0 Å². The van der Waals surface area contributed by atoms with Crippen LogP contribution in [0, 0.1) is 0 Å². The molecule has 1 heterocycles. The molecule has 0 aromatic carbocycles. The molecule has 0 atom stereocenters. The number of aromatic nitrogens is 2. The molecule has 0 saturated carbocycles. The molecule has 0 aliphatic heterocycles. The Morgan fingerprint density at radius 1 is 1.33 bits per heavy atom. The number of amides is 1. The molecule has 7 heteroatoms. The van der Waals surface area contributed by atoms with E-state index in [0.29, 0.717) is 19.0 Å². The van der Waals surface area contributed by atoms with Crippen LogP contribution in [-0.2, 0) is 9.53 Å². The number of hydrogen-bond acceptors (Lipinski definition) is 6. The van der Waals surface area contributed by atoms with E-state index in [2.05, 4.69) is 20.8 Å². The lowest BCUT2D eigenvalue weighted by Gasteiger charge is -2.05. The van der Waals surface area contributed by atoms with Gasteiger partial charge in [0.1, 0.15) is 5.82 Å². The first-order valence-corrected chi connectivity index (χ1v) is 5.62. The molecule has 2 N–H and O–H groups in total. The highest BCUT2D eigenvalue weighted by molar-refractivity contribution is 5.91. The van der Waals surface area contributed by atoms with Crippen molar-refractivity contribution in [3.63, 3.8) is 0 Å². The first-order valence-electron chi connectivity index (χ1n) is 5.62. The molecule has 0 aliphatic rings. The summed E-state index contributed by atoms with van der Waals surface area (Å²) in [4.78, 5) is 22.3. The lowest BCUT2D eigenvalue weighted by atomic mass is 10.3.